The van der Waals surface area contributed by atoms with Crippen molar-refractivity contribution in [2.45, 2.75) is 19.4 Å². The summed E-state index contributed by atoms with van der Waals surface area (Å²) in [6.45, 7) is 1.80. The van der Waals surface area contributed by atoms with Crippen molar-refractivity contribution in [1.82, 2.24) is 29.3 Å². The summed E-state index contributed by atoms with van der Waals surface area (Å²) >= 11 is 4.00. The van der Waals surface area contributed by atoms with E-state index in [1.54, 1.807) is 43.2 Å². The van der Waals surface area contributed by atoms with Gasteiger partial charge in [-0.25, -0.2) is 13.9 Å². The van der Waals surface area contributed by atoms with Gasteiger partial charge in [0.1, 0.15) is 28.1 Å². The highest BCUT2D eigenvalue weighted by atomic mass is 35.5. The van der Waals surface area contributed by atoms with Gasteiger partial charge >= 0.3 is 0 Å². The zero-order valence-electron chi connectivity index (χ0n) is 25.4. The van der Waals surface area contributed by atoms with Crippen LogP contribution >= 0.6 is 11.6 Å². The Morgan fingerprint density at radius 3 is 2.50 bits per heavy atom. The lowest BCUT2D eigenvalue weighted by Gasteiger charge is -2.20. The predicted octanol–water partition coefficient (Wildman–Crippen LogP) is 3.96. The fourth-order valence-corrected chi connectivity index (χ4v) is 5.39. The van der Waals surface area contributed by atoms with Crippen LogP contribution in [0, 0.1) is 0 Å². The largest absolute Gasteiger partial charge is 0.497 e. The smallest absolute Gasteiger partial charge is 0.272 e. The highest BCUT2D eigenvalue weighted by Gasteiger charge is 2.22. The Kier molecular flexibility index (Phi) is 11.5. The lowest BCUT2D eigenvalue weighted by molar-refractivity contribution is 0.0948. The third-order valence-corrected chi connectivity index (χ3v) is 7.95. The molecule has 0 saturated carbocycles. The van der Waals surface area contributed by atoms with Gasteiger partial charge in [0, 0.05) is 38.0 Å². The Balaban J connectivity index is 1.58. The summed E-state index contributed by atoms with van der Waals surface area (Å²) in [5.41, 5.74) is 2.99. The van der Waals surface area contributed by atoms with E-state index >= 15 is 0 Å². The molecule has 0 bridgehead atoms. The van der Waals surface area contributed by atoms with Crippen LogP contribution in [-0.2, 0) is 24.2 Å². The van der Waals surface area contributed by atoms with Crippen molar-refractivity contribution in [3.8, 4) is 22.9 Å². The van der Waals surface area contributed by atoms with Crippen molar-refractivity contribution < 1.29 is 27.8 Å². The van der Waals surface area contributed by atoms with Crippen LogP contribution in [0.15, 0.2) is 48.7 Å². The van der Waals surface area contributed by atoms with Gasteiger partial charge in [-0.15, -0.1) is 0 Å². The third kappa shape index (κ3) is 8.04. The van der Waals surface area contributed by atoms with E-state index in [1.807, 2.05) is 37.2 Å². The van der Waals surface area contributed by atoms with Crippen molar-refractivity contribution in [2.24, 2.45) is 0 Å². The molecule has 236 valence electrons. The number of nitrogens with one attached hydrogen (secondary N) is 1. The van der Waals surface area contributed by atoms with Crippen LogP contribution in [0.4, 0.5) is 0 Å². The summed E-state index contributed by atoms with van der Waals surface area (Å²) < 4.78 is 41.8. The molecule has 1 unspecified atom stereocenters. The van der Waals surface area contributed by atoms with Gasteiger partial charge in [0.05, 0.1) is 32.2 Å². The van der Waals surface area contributed by atoms with Gasteiger partial charge in [0.15, 0.2) is 5.69 Å². The first kappa shape index (κ1) is 33.1. The monoisotopic (exact) mass is 644 g/mol. The minimum absolute atomic E-state index is 0.175. The summed E-state index contributed by atoms with van der Waals surface area (Å²) in [5, 5.41) is 8.35. The second-order valence-electron chi connectivity index (χ2n) is 10.2. The molecule has 14 heteroatoms. The number of nitrogens with zero attached hydrogens (tertiary/aromatic N) is 5. The molecule has 44 heavy (non-hydrogen) atoms. The van der Waals surface area contributed by atoms with E-state index in [2.05, 4.69) is 15.4 Å². The van der Waals surface area contributed by atoms with Crippen LogP contribution in [0.25, 0.3) is 16.6 Å². The standard InChI is InChI=1S/C30H37ClN6O6S/c1-35(2)13-6-12-32-30(38)29-23-18-33-28(31)17-25(23)37(34-29)24-10-7-20(15-27(24)43-5)19-36(44(39)40)14-11-21-8-9-22(41-3)16-26(21)42-4/h7-10,15-18H,6,11-14,19H2,1-5H3,(H,32,38)(H,39,40). The number of halogens is 1. The number of pyridine rings is 1. The molecule has 0 saturated heterocycles. The lowest BCUT2D eigenvalue weighted by Crippen LogP contribution is -2.27. The van der Waals surface area contributed by atoms with E-state index in [0.717, 1.165) is 24.1 Å². The predicted molar refractivity (Wildman–Crippen MR) is 170 cm³/mol. The van der Waals surface area contributed by atoms with Crippen LogP contribution < -0.4 is 19.5 Å². The summed E-state index contributed by atoms with van der Waals surface area (Å²) in [6.07, 6.45) is 2.80. The normalized spacial score (nSPS) is 12.1. The number of hydrogen-bond donors (Lipinski definition) is 2. The topological polar surface area (TPSA) is 131 Å². The summed E-state index contributed by atoms with van der Waals surface area (Å²) in [4.78, 5) is 19.3. The fourth-order valence-electron chi connectivity index (χ4n) is 4.73. The van der Waals surface area contributed by atoms with Crippen LogP contribution in [-0.4, -0.2) is 93.7 Å². The van der Waals surface area contributed by atoms with E-state index < -0.39 is 11.3 Å². The molecule has 0 spiro atoms. The number of carbonyl (C=O) groups excluding carboxylic acids is 1. The molecular formula is C30H37ClN6O6S. The Hall–Kier alpha value is -3.75. The number of hydrogen-bond acceptors (Lipinski definition) is 8. The molecule has 2 heterocycles. The minimum Gasteiger partial charge on any atom is -0.497 e. The van der Waals surface area contributed by atoms with Gasteiger partial charge in [-0.1, -0.05) is 23.7 Å². The molecule has 4 rings (SSSR count). The van der Waals surface area contributed by atoms with Gasteiger partial charge in [-0.2, -0.15) is 9.40 Å². The number of ether oxygens (including phenoxy) is 3. The Morgan fingerprint density at radius 2 is 1.82 bits per heavy atom. The zero-order chi connectivity index (χ0) is 31.8. The molecule has 2 N–H and O–H groups in total. The number of rotatable bonds is 15. The zero-order valence-corrected chi connectivity index (χ0v) is 26.9. The summed E-state index contributed by atoms with van der Waals surface area (Å²) in [7, 11) is 8.63. The van der Waals surface area contributed by atoms with Crippen LogP contribution in [0.1, 0.15) is 28.0 Å². The van der Waals surface area contributed by atoms with E-state index in [1.165, 1.54) is 17.6 Å². The number of fused-ring (bicyclic) bond motifs is 1. The number of carbonyl (C=O) groups is 1. The summed E-state index contributed by atoms with van der Waals surface area (Å²) in [5.74, 6) is 1.44. The van der Waals surface area contributed by atoms with E-state index in [4.69, 9.17) is 25.8 Å². The SMILES string of the molecule is COc1ccc(CCN(Cc2ccc(-n3nc(C(=O)NCCCN(C)C)c4cnc(Cl)cc43)c(OC)c2)S(=O)O)c(OC)c1. The molecule has 0 aliphatic rings. The van der Waals surface area contributed by atoms with Gasteiger partial charge in [0.2, 0.25) is 11.3 Å². The first-order valence-corrected chi connectivity index (χ1v) is 15.3. The van der Waals surface area contributed by atoms with Crippen LogP contribution in [0.5, 0.6) is 17.2 Å². The van der Waals surface area contributed by atoms with Crippen LogP contribution in [0.2, 0.25) is 5.15 Å². The van der Waals surface area contributed by atoms with Gasteiger partial charge < -0.3 is 24.4 Å². The third-order valence-electron chi connectivity index (χ3n) is 6.99. The average molecular weight is 645 g/mol. The molecule has 1 atom stereocenters. The number of methoxy groups -OCH3 is 3. The van der Waals surface area contributed by atoms with E-state index in [-0.39, 0.29) is 29.8 Å². The molecule has 4 aromatic rings. The maximum Gasteiger partial charge on any atom is 0.272 e. The highest BCUT2D eigenvalue weighted by Crippen LogP contribution is 2.31. The van der Waals surface area contributed by atoms with Gasteiger partial charge in [-0.05, 0) is 62.8 Å². The van der Waals surface area contributed by atoms with Crippen molar-refractivity contribution in [3.63, 3.8) is 0 Å². The second kappa shape index (κ2) is 15.3. The van der Waals surface area contributed by atoms with E-state index in [9.17, 15) is 13.6 Å². The maximum atomic E-state index is 13.1. The molecule has 0 aliphatic carbocycles. The van der Waals surface area contributed by atoms with Crippen molar-refractivity contribution in [1.29, 1.82) is 0 Å². The number of amides is 1. The second-order valence-corrected chi connectivity index (χ2v) is 11.6. The number of benzene rings is 2. The van der Waals surface area contributed by atoms with Crippen molar-refractivity contribution >= 4 is 39.7 Å². The lowest BCUT2D eigenvalue weighted by atomic mass is 10.1. The number of aromatic nitrogens is 3. The molecular weight excluding hydrogens is 608 g/mol. The Morgan fingerprint density at radius 1 is 1.05 bits per heavy atom. The summed E-state index contributed by atoms with van der Waals surface area (Å²) in [6, 6.07) is 12.5. The fraction of sp³-hybridized carbons (Fsp3) is 0.367. The molecule has 1 amide bonds. The molecule has 12 nitrogen and oxygen atoms in total. The highest BCUT2D eigenvalue weighted by molar-refractivity contribution is 7.76. The Bertz CT molecular complexity index is 1630. The van der Waals surface area contributed by atoms with Crippen molar-refractivity contribution in [3.05, 3.63) is 70.6 Å². The molecule has 0 fully saturated rings. The molecule has 2 aromatic carbocycles. The maximum absolute atomic E-state index is 13.1. The van der Waals surface area contributed by atoms with Crippen LogP contribution in [0.3, 0.4) is 0 Å². The average Bonchev–Trinajstić information content (AvgIpc) is 3.39. The van der Waals surface area contributed by atoms with Gasteiger partial charge in [-0.3, -0.25) is 9.35 Å². The Labute approximate surface area is 264 Å². The quantitative estimate of drug-likeness (QED) is 0.112. The first-order chi connectivity index (χ1) is 21.1. The first-order valence-electron chi connectivity index (χ1n) is 13.9. The van der Waals surface area contributed by atoms with E-state index in [0.29, 0.717) is 46.8 Å². The minimum atomic E-state index is -2.23. The van der Waals surface area contributed by atoms with Crippen molar-refractivity contribution in [2.75, 3.05) is 55.1 Å². The molecule has 0 aliphatic heterocycles. The molecule has 2 aromatic heterocycles. The van der Waals surface area contributed by atoms with Gasteiger partial charge in [0.25, 0.3) is 5.91 Å². The molecule has 0 radical (unpaired) electrons.